The lowest BCUT2D eigenvalue weighted by Crippen LogP contribution is -2.19. The average Bonchev–Trinajstić information content (AvgIpc) is 3.13. The highest BCUT2D eigenvalue weighted by molar-refractivity contribution is 5.84. The number of nitrogens with zero attached hydrogens (tertiary/aromatic N) is 1. The van der Waals surface area contributed by atoms with Gasteiger partial charge in [0.05, 0.1) is 7.11 Å². The number of benzene rings is 3. The van der Waals surface area contributed by atoms with Gasteiger partial charge < -0.3 is 14.4 Å². The summed E-state index contributed by atoms with van der Waals surface area (Å²) >= 11 is 0. The molecule has 0 unspecified atom stereocenters. The molecule has 0 aromatic heterocycles. The molecule has 0 radical (unpaired) electrons. The Morgan fingerprint density at radius 1 is 0.871 bits per heavy atom. The van der Waals surface area contributed by atoms with Crippen molar-refractivity contribution >= 4 is 11.6 Å². The number of hydrogen-bond acceptors (Lipinski definition) is 3. The molecule has 0 spiro atoms. The van der Waals surface area contributed by atoms with E-state index in [1.54, 1.807) is 7.11 Å². The summed E-state index contributed by atoms with van der Waals surface area (Å²) in [5.41, 5.74) is 5.24. The molecule has 0 saturated heterocycles. The second-order valence-corrected chi connectivity index (χ2v) is 8.32. The van der Waals surface area contributed by atoms with Crippen molar-refractivity contribution < 1.29 is 9.47 Å². The normalized spacial score (nSPS) is 13.5. The van der Waals surface area contributed by atoms with Crippen molar-refractivity contribution in [3.05, 3.63) is 104 Å². The number of hydrogen-bond donors (Lipinski definition) is 0. The van der Waals surface area contributed by atoms with E-state index in [2.05, 4.69) is 91.8 Å². The third kappa shape index (κ3) is 3.55. The van der Waals surface area contributed by atoms with Gasteiger partial charge in [0.15, 0.2) is 0 Å². The van der Waals surface area contributed by atoms with Crippen molar-refractivity contribution in [2.45, 2.75) is 6.42 Å². The average molecular weight is 410 g/mol. The quantitative estimate of drug-likeness (QED) is 0.487. The van der Waals surface area contributed by atoms with Crippen LogP contribution in [-0.2, 0) is 6.42 Å². The maximum atomic E-state index is 5.92. The summed E-state index contributed by atoms with van der Waals surface area (Å²) in [7, 11) is 5.84. The highest BCUT2D eigenvalue weighted by Crippen LogP contribution is 2.30. The van der Waals surface area contributed by atoms with Crippen LogP contribution in [0, 0.1) is 10.4 Å². The Hall–Kier alpha value is -3.30. The van der Waals surface area contributed by atoms with Gasteiger partial charge in [-0.2, -0.15) is 0 Å². The monoisotopic (exact) mass is 409 g/mol. The van der Waals surface area contributed by atoms with Crippen molar-refractivity contribution in [1.82, 2.24) is 4.90 Å². The van der Waals surface area contributed by atoms with Crippen LogP contribution in [0.15, 0.2) is 66.7 Å². The molecule has 3 aromatic rings. The summed E-state index contributed by atoms with van der Waals surface area (Å²) in [4.78, 5) is 2.12. The molecule has 0 amide bonds. The van der Waals surface area contributed by atoms with Crippen molar-refractivity contribution in [3.8, 4) is 11.5 Å². The molecule has 3 heteroatoms. The molecule has 0 fully saturated rings. The van der Waals surface area contributed by atoms with Crippen LogP contribution in [0.25, 0.3) is 11.6 Å². The van der Waals surface area contributed by atoms with E-state index in [9.17, 15) is 0 Å². The van der Waals surface area contributed by atoms with Crippen LogP contribution >= 0.6 is 0 Å². The number of methoxy groups -OCH3 is 1. The number of rotatable bonds is 6. The van der Waals surface area contributed by atoms with Crippen molar-refractivity contribution in [2.24, 2.45) is 0 Å². The first-order valence-corrected chi connectivity index (χ1v) is 10.8. The zero-order valence-corrected chi connectivity index (χ0v) is 18.3. The molecule has 156 valence electrons. The summed E-state index contributed by atoms with van der Waals surface area (Å²) in [5.74, 6) is 1.79. The molecule has 0 aliphatic heterocycles. The van der Waals surface area contributed by atoms with Gasteiger partial charge in [-0.1, -0.05) is 48.6 Å². The van der Waals surface area contributed by atoms with Crippen LogP contribution in [0.4, 0.5) is 0 Å². The smallest absolute Gasteiger partial charge is 0.119 e. The summed E-state index contributed by atoms with van der Waals surface area (Å²) in [6.07, 6.45) is 7.56. The zero-order chi connectivity index (χ0) is 21.4. The Kier molecular flexibility index (Phi) is 5.13. The SMILES string of the molecule is COc1ccc2c(c1)=C(c1ccc(OCCN(C)C)cc1)c1c3c(ccc1=2)=CC=CC3. The fraction of sp³-hybridized carbons (Fsp3) is 0.214. The van der Waals surface area contributed by atoms with E-state index in [4.69, 9.17) is 9.47 Å². The first kappa shape index (κ1) is 19.7. The van der Waals surface area contributed by atoms with E-state index in [0.717, 1.165) is 24.5 Å². The Balaban J connectivity index is 1.67. The first-order chi connectivity index (χ1) is 15.2. The largest absolute Gasteiger partial charge is 0.497 e. The second-order valence-electron chi connectivity index (χ2n) is 8.32. The standard InChI is InChI=1S/C28H27NO2/c1-29(2)16-17-31-21-11-8-20(9-12-21)27-26-18-22(30-3)13-15-24(26)25-14-10-19-6-4-5-7-23(19)28(25)27/h4-6,8-15,18H,7,16-17H2,1-3H3. The van der Waals surface area contributed by atoms with Crippen LogP contribution in [0.2, 0.25) is 0 Å². The summed E-state index contributed by atoms with van der Waals surface area (Å²) in [5, 5.41) is 5.12. The molecule has 3 nitrogen and oxygen atoms in total. The number of allylic oxidation sites excluding steroid dienone is 2. The predicted octanol–water partition coefficient (Wildman–Crippen LogP) is 3.38. The highest BCUT2D eigenvalue weighted by atomic mass is 16.5. The maximum absolute atomic E-state index is 5.92. The van der Waals surface area contributed by atoms with Crippen molar-refractivity contribution in [3.63, 3.8) is 0 Å². The van der Waals surface area contributed by atoms with Gasteiger partial charge in [0.25, 0.3) is 0 Å². The summed E-state index contributed by atoms with van der Waals surface area (Å²) in [6, 6.07) is 19.4. The van der Waals surface area contributed by atoms with Gasteiger partial charge in [-0.05, 0) is 87.9 Å². The lowest BCUT2D eigenvalue weighted by Gasteiger charge is -2.15. The van der Waals surface area contributed by atoms with E-state index in [-0.39, 0.29) is 0 Å². The van der Waals surface area contributed by atoms with Crippen LogP contribution in [0.5, 0.6) is 11.5 Å². The zero-order valence-electron chi connectivity index (χ0n) is 18.3. The summed E-state index contributed by atoms with van der Waals surface area (Å²) in [6.45, 7) is 1.58. The number of fused-ring (bicyclic) bond motifs is 4. The molecule has 2 aliphatic rings. The maximum Gasteiger partial charge on any atom is 0.119 e. The van der Waals surface area contributed by atoms with Crippen LogP contribution in [0.3, 0.4) is 0 Å². The molecule has 3 aromatic carbocycles. The molecule has 0 heterocycles. The highest BCUT2D eigenvalue weighted by Gasteiger charge is 2.20. The van der Waals surface area contributed by atoms with Gasteiger partial charge in [0, 0.05) is 6.54 Å². The van der Waals surface area contributed by atoms with E-state index < -0.39 is 0 Å². The Morgan fingerprint density at radius 2 is 1.65 bits per heavy atom. The van der Waals surface area contributed by atoms with Crippen LogP contribution < -0.4 is 19.9 Å². The molecule has 0 atom stereocenters. The minimum Gasteiger partial charge on any atom is -0.497 e. The van der Waals surface area contributed by atoms with Crippen LogP contribution in [0.1, 0.15) is 16.7 Å². The van der Waals surface area contributed by atoms with E-state index >= 15 is 0 Å². The number of ether oxygens (including phenoxy) is 2. The number of likely N-dealkylation sites (N-methyl/N-ethyl adjacent to an activating group) is 1. The third-order valence-electron chi connectivity index (χ3n) is 6.07. The van der Waals surface area contributed by atoms with Gasteiger partial charge in [0.1, 0.15) is 18.1 Å². The lowest BCUT2D eigenvalue weighted by molar-refractivity contribution is 0.261. The predicted molar refractivity (Wildman–Crippen MR) is 126 cm³/mol. The fourth-order valence-corrected chi connectivity index (χ4v) is 4.50. The topological polar surface area (TPSA) is 21.7 Å². The van der Waals surface area contributed by atoms with Crippen LogP contribution in [-0.4, -0.2) is 39.3 Å². The lowest BCUT2D eigenvalue weighted by atomic mass is 9.90. The van der Waals surface area contributed by atoms with E-state index in [0.29, 0.717) is 6.61 Å². The minimum absolute atomic E-state index is 0.682. The van der Waals surface area contributed by atoms with Gasteiger partial charge in [-0.15, -0.1) is 0 Å². The second kappa shape index (κ2) is 8.09. The Labute approximate surface area is 182 Å². The molecular weight excluding hydrogens is 382 g/mol. The van der Waals surface area contributed by atoms with E-state index in [1.165, 1.54) is 43.1 Å². The van der Waals surface area contributed by atoms with Gasteiger partial charge in [-0.25, -0.2) is 0 Å². The minimum atomic E-state index is 0.682. The Bertz CT molecular complexity index is 1380. The van der Waals surface area contributed by atoms with Crippen molar-refractivity contribution in [2.75, 3.05) is 34.4 Å². The van der Waals surface area contributed by atoms with Gasteiger partial charge >= 0.3 is 0 Å². The molecule has 5 rings (SSSR count). The summed E-state index contributed by atoms with van der Waals surface area (Å²) < 4.78 is 11.5. The first-order valence-electron chi connectivity index (χ1n) is 10.8. The van der Waals surface area contributed by atoms with E-state index in [1.807, 2.05) is 0 Å². The molecule has 0 bridgehead atoms. The molecular formula is C28H27NO2. The third-order valence-corrected chi connectivity index (χ3v) is 6.07. The molecule has 0 N–H and O–H groups in total. The van der Waals surface area contributed by atoms with Crippen molar-refractivity contribution in [1.29, 1.82) is 0 Å². The van der Waals surface area contributed by atoms with Gasteiger partial charge in [0.2, 0.25) is 0 Å². The fourth-order valence-electron chi connectivity index (χ4n) is 4.50. The van der Waals surface area contributed by atoms with Gasteiger partial charge in [-0.3, -0.25) is 0 Å². The molecule has 0 saturated carbocycles. The molecule has 2 aliphatic carbocycles. The Morgan fingerprint density at radius 3 is 2.42 bits per heavy atom. The molecule has 31 heavy (non-hydrogen) atoms.